The Kier molecular flexibility index (Phi) is 7.79. The molecule has 2 heterocycles. The number of aliphatic imine (C=N–C) groups is 1. The molecule has 0 radical (unpaired) electrons. The van der Waals surface area contributed by atoms with Gasteiger partial charge in [0.1, 0.15) is 6.26 Å². The molecule has 2 unspecified atom stereocenters. The summed E-state index contributed by atoms with van der Waals surface area (Å²) >= 11 is 0. The highest BCUT2D eigenvalue weighted by Gasteiger charge is 2.25. The van der Waals surface area contributed by atoms with Crippen LogP contribution in [0.25, 0.3) is 11.5 Å². The molecule has 0 aliphatic carbocycles. The first-order chi connectivity index (χ1) is 16.1. The van der Waals surface area contributed by atoms with Crippen molar-refractivity contribution in [3.8, 4) is 11.5 Å². The third-order valence-corrected chi connectivity index (χ3v) is 6.33. The Morgan fingerprint density at radius 1 is 1.15 bits per heavy atom. The second-order valence-corrected chi connectivity index (χ2v) is 8.93. The van der Waals surface area contributed by atoms with E-state index in [1.165, 1.54) is 11.1 Å². The average Bonchev–Trinajstić information content (AvgIpc) is 3.30. The number of hydrogen-bond donors (Lipinski definition) is 2. The summed E-state index contributed by atoms with van der Waals surface area (Å²) in [5, 5.41) is 7.04. The van der Waals surface area contributed by atoms with E-state index in [1.807, 2.05) is 19.2 Å². The van der Waals surface area contributed by atoms with E-state index < -0.39 is 0 Å². The summed E-state index contributed by atoms with van der Waals surface area (Å²) in [5.41, 5.74) is 4.55. The number of nitrogens with zero attached hydrogens (tertiary/aromatic N) is 3. The molecule has 2 atom stereocenters. The van der Waals surface area contributed by atoms with Crippen LogP contribution >= 0.6 is 0 Å². The summed E-state index contributed by atoms with van der Waals surface area (Å²) < 4.78 is 5.67. The topological polar surface area (TPSA) is 65.7 Å². The van der Waals surface area contributed by atoms with E-state index in [-0.39, 0.29) is 0 Å². The van der Waals surface area contributed by atoms with Crippen LogP contribution < -0.4 is 10.6 Å². The van der Waals surface area contributed by atoms with E-state index >= 15 is 0 Å². The quantitative estimate of drug-likeness (QED) is 0.417. The van der Waals surface area contributed by atoms with E-state index in [9.17, 15) is 0 Å². The van der Waals surface area contributed by atoms with Gasteiger partial charge in [-0.05, 0) is 44.4 Å². The van der Waals surface area contributed by atoms with Crippen LogP contribution in [-0.2, 0) is 13.0 Å². The summed E-state index contributed by atoms with van der Waals surface area (Å²) in [6, 6.07) is 19.9. The van der Waals surface area contributed by atoms with Crippen molar-refractivity contribution in [3.63, 3.8) is 0 Å². The largest absolute Gasteiger partial charge is 0.444 e. The Morgan fingerprint density at radius 3 is 2.67 bits per heavy atom. The number of aryl methyl sites for hydroxylation is 1. The minimum atomic E-state index is 0.429. The van der Waals surface area contributed by atoms with Crippen LogP contribution in [0.1, 0.15) is 36.6 Å². The number of nitrogens with one attached hydrogen (secondary N) is 2. The van der Waals surface area contributed by atoms with E-state index in [1.54, 1.807) is 6.26 Å². The number of rotatable bonds is 7. The number of piperidine rings is 1. The Hall–Kier alpha value is -3.12. The van der Waals surface area contributed by atoms with Crippen molar-refractivity contribution in [2.45, 2.75) is 51.7 Å². The number of hydrogen-bond acceptors (Lipinski definition) is 4. The molecule has 4 rings (SSSR count). The van der Waals surface area contributed by atoms with E-state index in [4.69, 9.17) is 4.42 Å². The lowest BCUT2D eigenvalue weighted by Gasteiger charge is -2.38. The van der Waals surface area contributed by atoms with Crippen molar-refractivity contribution in [2.24, 2.45) is 4.99 Å². The number of oxazole rings is 1. The summed E-state index contributed by atoms with van der Waals surface area (Å²) in [7, 11) is 1.83. The normalized spacial score (nSPS) is 19.4. The van der Waals surface area contributed by atoms with Gasteiger partial charge >= 0.3 is 0 Å². The van der Waals surface area contributed by atoms with Crippen LogP contribution in [0.15, 0.2) is 70.3 Å². The fourth-order valence-corrected chi connectivity index (χ4v) is 4.35. The SMILES string of the molecule is CN=C(NCCc1coc(-c2ccc(C)cc2)n1)NC1CCN(Cc2ccccc2)C(C)C1. The molecule has 174 valence electrons. The maximum atomic E-state index is 5.67. The van der Waals surface area contributed by atoms with Gasteiger partial charge in [0, 0.05) is 50.7 Å². The maximum Gasteiger partial charge on any atom is 0.226 e. The van der Waals surface area contributed by atoms with Gasteiger partial charge in [-0.3, -0.25) is 9.89 Å². The van der Waals surface area contributed by atoms with Crippen LogP contribution in [0.2, 0.25) is 0 Å². The minimum Gasteiger partial charge on any atom is -0.444 e. The number of aromatic nitrogens is 1. The van der Waals surface area contributed by atoms with E-state index in [0.717, 1.165) is 56.1 Å². The lowest BCUT2D eigenvalue weighted by molar-refractivity contribution is 0.134. The molecule has 0 amide bonds. The third kappa shape index (κ3) is 6.45. The highest BCUT2D eigenvalue weighted by molar-refractivity contribution is 5.80. The first kappa shape index (κ1) is 23.1. The van der Waals surface area contributed by atoms with Gasteiger partial charge in [-0.2, -0.15) is 0 Å². The first-order valence-electron chi connectivity index (χ1n) is 11.9. The minimum absolute atomic E-state index is 0.429. The maximum absolute atomic E-state index is 5.67. The second-order valence-electron chi connectivity index (χ2n) is 8.93. The highest BCUT2D eigenvalue weighted by atomic mass is 16.3. The van der Waals surface area contributed by atoms with E-state index in [0.29, 0.717) is 18.0 Å². The zero-order valence-electron chi connectivity index (χ0n) is 19.9. The molecule has 1 aliphatic heterocycles. The number of guanidine groups is 1. The molecule has 1 saturated heterocycles. The monoisotopic (exact) mass is 445 g/mol. The van der Waals surface area contributed by atoms with Gasteiger partial charge in [0.2, 0.25) is 5.89 Å². The lowest BCUT2D eigenvalue weighted by Crippen LogP contribution is -2.51. The molecular formula is C27H35N5O. The molecule has 6 nitrogen and oxygen atoms in total. The van der Waals surface area contributed by atoms with Crippen molar-refractivity contribution in [1.82, 2.24) is 20.5 Å². The first-order valence-corrected chi connectivity index (χ1v) is 11.9. The molecule has 1 fully saturated rings. The number of likely N-dealkylation sites (tertiary alicyclic amines) is 1. The van der Waals surface area contributed by atoms with Crippen LogP contribution in [0.4, 0.5) is 0 Å². The van der Waals surface area contributed by atoms with Gasteiger partial charge in [0.25, 0.3) is 0 Å². The molecule has 1 aliphatic rings. The molecule has 0 bridgehead atoms. The van der Waals surface area contributed by atoms with Crippen molar-refractivity contribution in [3.05, 3.63) is 77.7 Å². The lowest BCUT2D eigenvalue weighted by atomic mass is 9.97. The highest BCUT2D eigenvalue weighted by Crippen LogP contribution is 2.20. The Balaban J connectivity index is 1.21. The van der Waals surface area contributed by atoms with Crippen LogP contribution in [0, 0.1) is 6.92 Å². The van der Waals surface area contributed by atoms with Gasteiger partial charge in [0.15, 0.2) is 5.96 Å². The second kappa shape index (κ2) is 11.1. The molecule has 33 heavy (non-hydrogen) atoms. The molecule has 0 saturated carbocycles. The molecule has 6 heteroatoms. The zero-order valence-corrected chi connectivity index (χ0v) is 19.9. The number of benzene rings is 2. The smallest absolute Gasteiger partial charge is 0.226 e. The summed E-state index contributed by atoms with van der Waals surface area (Å²) in [6.07, 6.45) is 4.75. The van der Waals surface area contributed by atoms with Gasteiger partial charge in [0.05, 0.1) is 5.69 Å². The summed E-state index contributed by atoms with van der Waals surface area (Å²) in [5.74, 6) is 1.52. The Morgan fingerprint density at radius 2 is 1.94 bits per heavy atom. The van der Waals surface area contributed by atoms with Crippen molar-refractivity contribution in [2.75, 3.05) is 20.1 Å². The Bertz CT molecular complexity index is 1030. The van der Waals surface area contributed by atoms with Crippen molar-refractivity contribution in [1.29, 1.82) is 0 Å². The van der Waals surface area contributed by atoms with Crippen molar-refractivity contribution < 1.29 is 4.42 Å². The molecule has 0 spiro atoms. The molecule has 1 aromatic heterocycles. The molecule has 3 aromatic rings. The van der Waals surface area contributed by atoms with Gasteiger partial charge < -0.3 is 15.1 Å². The van der Waals surface area contributed by atoms with Crippen LogP contribution in [0.3, 0.4) is 0 Å². The van der Waals surface area contributed by atoms with Gasteiger partial charge in [-0.25, -0.2) is 4.98 Å². The average molecular weight is 446 g/mol. The molecule has 2 N–H and O–H groups in total. The third-order valence-electron chi connectivity index (χ3n) is 6.33. The summed E-state index contributed by atoms with van der Waals surface area (Å²) in [6.45, 7) is 7.26. The van der Waals surface area contributed by atoms with Gasteiger partial charge in [-0.15, -0.1) is 0 Å². The fourth-order valence-electron chi connectivity index (χ4n) is 4.35. The van der Waals surface area contributed by atoms with E-state index in [2.05, 4.69) is 81.8 Å². The predicted octanol–water partition coefficient (Wildman–Crippen LogP) is 4.41. The standard InChI is InChI=1S/C27H35N5O/c1-20-9-11-23(12-10-20)26-30-25(19-33-26)13-15-29-27(28-3)31-24-14-16-32(21(2)17-24)18-22-7-5-4-6-8-22/h4-12,19,21,24H,13-18H2,1-3H3,(H2,28,29,31). The van der Waals surface area contributed by atoms with Gasteiger partial charge in [-0.1, -0.05) is 48.0 Å². The predicted molar refractivity (Wildman–Crippen MR) is 134 cm³/mol. The van der Waals surface area contributed by atoms with Crippen molar-refractivity contribution >= 4 is 5.96 Å². The zero-order chi connectivity index (χ0) is 23.0. The van der Waals surface area contributed by atoms with Crippen LogP contribution in [-0.4, -0.2) is 48.1 Å². The van der Waals surface area contributed by atoms with Crippen LogP contribution in [0.5, 0.6) is 0 Å². The fraction of sp³-hybridized carbons (Fsp3) is 0.407. The summed E-state index contributed by atoms with van der Waals surface area (Å²) in [4.78, 5) is 11.6. The Labute approximate surface area is 197 Å². The molecular weight excluding hydrogens is 410 g/mol. The molecule has 2 aromatic carbocycles.